The van der Waals surface area contributed by atoms with E-state index in [2.05, 4.69) is 26.3 Å². The summed E-state index contributed by atoms with van der Waals surface area (Å²) in [6.07, 6.45) is 1.41. The highest BCUT2D eigenvalue weighted by molar-refractivity contribution is 9.10. The standard InChI is InChI=1S/C13H11BrFN3O2/c1-8(18-12(19)3-2-6-16-18)13(20)17-11-5-4-9(14)7-10(11)15/h2-8H,1H3,(H,17,20). The molecule has 5 nitrogen and oxygen atoms in total. The second kappa shape index (κ2) is 5.96. The van der Waals surface area contributed by atoms with Crippen LogP contribution in [0, 0.1) is 5.82 Å². The van der Waals surface area contributed by atoms with E-state index < -0.39 is 23.3 Å². The molecule has 0 radical (unpaired) electrons. The van der Waals surface area contributed by atoms with Crippen molar-refractivity contribution in [3.8, 4) is 0 Å². The fourth-order valence-electron chi connectivity index (χ4n) is 1.60. The van der Waals surface area contributed by atoms with Gasteiger partial charge in [-0.2, -0.15) is 5.10 Å². The number of amides is 1. The highest BCUT2D eigenvalue weighted by atomic mass is 79.9. The van der Waals surface area contributed by atoms with Gasteiger partial charge in [-0.25, -0.2) is 9.07 Å². The molecular formula is C13H11BrFN3O2. The van der Waals surface area contributed by atoms with Gasteiger partial charge < -0.3 is 5.32 Å². The number of nitrogens with zero attached hydrogens (tertiary/aromatic N) is 2. The van der Waals surface area contributed by atoms with Crippen molar-refractivity contribution >= 4 is 27.5 Å². The molecule has 104 valence electrons. The van der Waals surface area contributed by atoms with E-state index >= 15 is 0 Å². The number of nitrogens with one attached hydrogen (secondary N) is 1. The molecule has 2 rings (SSSR count). The van der Waals surface area contributed by atoms with Crippen molar-refractivity contribution in [1.29, 1.82) is 0 Å². The van der Waals surface area contributed by atoms with Crippen LogP contribution in [-0.4, -0.2) is 15.7 Å². The highest BCUT2D eigenvalue weighted by Gasteiger charge is 2.18. The minimum absolute atomic E-state index is 0.0500. The third-order valence-corrected chi connectivity index (χ3v) is 3.17. The van der Waals surface area contributed by atoms with E-state index in [-0.39, 0.29) is 5.69 Å². The number of anilines is 1. The van der Waals surface area contributed by atoms with Crippen molar-refractivity contribution in [2.24, 2.45) is 0 Å². The molecule has 0 saturated carbocycles. The molecule has 0 aliphatic heterocycles. The Morgan fingerprint density at radius 2 is 2.20 bits per heavy atom. The molecule has 1 unspecified atom stereocenters. The number of carbonyl (C=O) groups excluding carboxylic acids is 1. The van der Waals surface area contributed by atoms with Gasteiger partial charge in [0.15, 0.2) is 0 Å². The van der Waals surface area contributed by atoms with Crippen LogP contribution in [0.2, 0.25) is 0 Å². The Morgan fingerprint density at radius 3 is 2.85 bits per heavy atom. The van der Waals surface area contributed by atoms with Gasteiger partial charge in [-0.15, -0.1) is 0 Å². The Labute approximate surface area is 122 Å². The van der Waals surface area contributed by atoms with Crippen LogP contribution in [0.1, 0.15) is 13.0 Å². The third-order valence-electron chi connectivity index (χ3n) is 2.68. The molecular weight excluding hydrogens is 329 g/mol. The van der Waals surface area contributed by atoms with Gasteiger partial charge in [-0.05, 0) is 31.2 Å². The van der Waals surface area contributed by atoms with Gasteiger partial charge in [0, 0.05) is 16.7 Å². The average Bonchev–Trinajstić information content (AvgIpc) is 2.41. The van der Waals surface area contributed by atoms with Gasteiger partial charge in [-0.1, -0.05) is 15.9 Å². The van der Waals surface area contributed by atoms with Crippen LogP contribution in [0.4, 0.5) is 10.1 Å². The fourth-order valence-corrected chi connectivity index (χ4v) is 1.93. The molecule has 7 heteroatoms. The molecule has 1 heterocycles. The Kier molecular flexibility index (Phi) is 4.29. The molecule has 1 amide bonds. The first-order chi connectivity index (χ1) is 9.49. The summed E-state index contributed by atoms with van der Waals surface area (Å²) in [4.78, 5) is 23.6. The lowest BCUT2D eigenvalue weighted by Gasteiger charge is -2.14. The number of carbonyl (C=O) groups is 1. The van der Waals surface area contributed by atoms with Crippen LogP contribution >= 0.6 is 15.9 Å². The predicted molar refractivity (Wildman–Crippen MR) is 75.9 cm³/mol. The zero-order valence-electron chi connectivity index (χ0n) is 10.5. The predicted octanol–water partition coefficient (Wildman–Crippen LogP) is 2.34. The summed E-state index contributed by atoms with van der Waals surface area (Å²) in [6.45, 7) is 1.51. The molecule has 1 aromatic heterocycles. The first-order valence-electron chi connectivity index (χ1n) is 5.79. The quantitative estimate of drug-likeness (QED) is 0.933. The molecule has 0 saturated heterocycles. The molecule has 0 aliphatic rings. The third kappa shape index (κ3) is 3.11. The summed E-state index contributed by atoms with van der Waals surface area (Å²) in [5, 5.41) is 6.25. The van der Waals surface area contributed by atoms with Crippen molar-refractivity contribution in [2.75, 3.05) is 5.32 Å². The van der Waals surface area contributed by atoms with Gasteiger partial charge in [0.05, 0.1) is 5.69 Å². The molecule has 0 bridgehead atoms. The summed E-state index contributed by atoms with van der Waals surface area (Å²) in [5.74, 6) is -1.08. The summed E-state index contributed by atoms with van der Waals surface area (Å²) in [5.41, 5.74) is -0.347. The van der Waals surface area contributed by atoms with E-state index in [1.165, 1.54) is 37.4 Å². The molecule has 1 atom stereocenters. The first kappa shape index (κ1) is 14.4. The second-order valence-corrected chi connectivity index (χ2v) is 5.01. The first-order valence-corrected chi connectivity index (χ1v) is 6.58. The van der Waals surface area contributed by atoms with E-state index in [0.29, 0.717) is 4.47 Å². The minimum atomic E-state index is -0.841. The number of benzene rings is 1. The Bertz CT molecular complexity index is 702. The van der Waals surface area contributed by atoms with Crippen LogP contribution in [0.3, 0.4) is 0 Å². The van der Waals surface area contributed by atoms with Gasteiger partial charge in [0.2, 0.25) is 5.91 Å². The number of hydrogen-bond donors (Lipinski definition) is 1. The van der Waals surface area contributed by atoms with Crippen molar-refractivity contribution in [1.82, 2.24) is 9.78 Å². The lowest BCUT2D eigenvalue weighted by molar-refractivity contribution is -0.119. The van der Waals surface area contributed by atoms with Crippen LogP contribution < -0.4 is 10.9 Å². The van der Waals surface area contributed by atoms with Gasteiger partial charge in [0.25, 0.3) is 5.56 Å². The minimum Gasteiger partial charge on any atom is -0.322 e. The van der Waals surface area contributed by atoms with Gasteiger partial charge in [-0.3, -0.25) is 9.59 Å². The molecule has 20 heavy (non-hydrogen) atoms. The summed E-state index contributed by atoms with van der Waals surface area (Å²) in [6, 6.07) is 6.23. The SMILES string of the molecule is CC(C(=O)Nc1ccc(Br)cc1F)n1ncccc1=O. The normalized spacial score (nSPS) is 11.9. The molecule has 0 aliphatic carbocycles. The zero-order chi connectivity index (χ0) is 14.7. The molecule has 0 spiro atoms. The van der Waals surface area contributed by atoms with Crippen LogP contribution in [0.25, 0.3) is 0 Å². The molecule has 2 aromatic rings. The second-order valence-electron chi connectivity index (χ2n) is 4.10. The van der Waals surface area contributed by atoms with Crippen molar-refractivity contribution < 1.29 is 9.18 Å². The fraction of sp³-hybridized carbons (Fsp3) is 0.154. The number of aromatic nitrogens is 2. The maximum atomic E-state index is 13.6. The molecule has 1 N–H and O–H groups in total. The highest BCUT2D eigenvalue weighted by Crippen LogP contribution is 2.20. The average molecular weight is 340 g/mol. The smallest absolute Gasteiger partial charge is 0.267 e. The van der Waals surface area contributed by atoms with Crippen LogP contribution in [0.5, 0.6) is 0 Å². The maximum Gasteiger partial charge on any atom is 0.267 e. The zero-order valence-corrected chi connectivity index (χ0v) is 12.1. The van der Waals surface area contributed by atoms with E-state index in [1.807, 2.05) is 0 Å². The van der Waals surface area contributed by atoms with Gasteiger partial charge >= 0.3 is 0 Å². The lowest BCUT2D eigenvalue weighted by atomic mass is 10.2. The summed E-state index contributed by atoms with van der Waals surface area (Å²) >= 11 is 3.13. The largest absolute Gasteiger partial charge is 0.322 e. The van der Waals surface area contributed by atoms with Crippen LogP contribution in [-0.2, 0) is 4.79 Å². The Morgan fingerprint density at radius 1 is 1.45 bits per heavy atom. The van der Waals surface area contributed by atoms with E-state index in [9.17, 15) is 14.0 Å². The van der Waals surface area contributed by atoms with Crippen molar-refractivity contribution in [2.45, 2.75) is 13.0 Å². The Balaban J connectivity index is 2.20. The number of halogens is 2. The molecule has 1 aromatic carbocycles. The molecule has 0 fully saturated rings. The lowest BCUT2D eigenvalue weighted by Crippen LogP contribution is -2.32. The number of hydrogen-bond acceptors (Lipinski definition) is 3. The van der Waals surface area contributed by atoms with Crippen molar-refractivity contribution in [3.05, 3.63) is 57.2 Å². The topological polar surface area (TPSA) is 64.0 Å². The summed E-state index contributed by atoms with van der Waals surface area (Å²) in [7, 11) is 0. The van der Waals surface area contributed by atoms with Gasteiger partial charge in [0.1, 0.15) is 11.9 Å². The number of rotatable bonds is 3. The monoisotopic (exact) mass is 339 g/mol. The summed E-state index contributed by atoms with van der Waals surface area (Å²) < 4.78 is 15.2. The van der Waals surface area contributed by atoms with E-state index in [0.717, 1.165) is 4.68 Å². The van der Waals surface area contributed by atoms with Crippen LogP contribution in [0.15, 0.2) is 45.8 Å². The van der Waals surface area contributed by atoms with Crippen molar-refractivity contribution in [3.63, 3.8) is 0 Å². The maximum absolute atomic E-state index is 13.6. The van der Waals surface area contributed by atoms with E-state index in [4.69, 9.17) is 0 Å². The van der Waals surface area contributed by atoms with E-state index in [1.54, 1.807) is 6.07 Å². The Hall–Kier alpha value is -2.02.